The van der Waals surface area contributed by atoms with Crippen LogP contribution in [0.1, 0.15) is 28.8 Å². The number of fused-ring (bicyclic) bond motifs is 1. The van der Waals surface area contributed by atoms with Gasteiger partial charge in [-0.15, -0.1) is 0 Å². The Hall–Kier alpha value is -1.98. The Bertz CT molecular complexity index is 618. The monoisotopic (exact) mass is 294 g/mol. The van der Waals surface area contributed by atoms with Crippen LogP contribution in [0.3, 0.4) is 0 Å². The van der Waals surface area contributed by atoms with Crippen molar-refractivity contribution in [3.05, 3.63) is 34.9 Å². The van der Waals surface area contributed by atoms with Gasteiger partial charge in [-0.05, 0) is 31.0 Å². The molecule has 0 radical (unpaired) electrons. The molecule has 3 rings (SSSR count). The minimum Gasteiger partial charge on any atom is -0.336 e. The molecule has 4 nitrogen and oxygen atoms in total. The highest BCUT2D eigenvalue weighted by atomic mass is 19.1. The lowest BCUT2D eigenvalue weighted by atomic mass is 10.1. The number of nitrogens with zero attached hydrogens (tertiary/aromatic N) is 2. The lowest BCUT2D eigenvalue weighted by Gasteiger charge is -2.37. The fourth-order valence-corrected chi connectivity index (χ4v) is 3.03. The van der Waals surface area contributed by atoms with Gasteiger partial charge in [-0.1, -0.05) is 0 Å². The molecule has 2 saturated heterocycles. The lowest BCUT2D eigenvalue weighted by molar-refractivity contribution is -0.130. The number of hydrogen-bond donors (Lipinski definition) is 0. The van der Waals surface area contributed by atoms with Gasteiger partial charge in [0.1, 0.15) is 11.6 Å². The van der Waals surface area contributed by atoms with Gasteiger partial charge >= 0.3 is 0 Å². The third kappa shape index (κ3) is 2.39. The summed E-state index contributed by atoms with van der Waals surface area (Å²) in [5.41, 5.74) is -0.0638. The van der Waals surface area contributed by atoms with Crippen molar-refractivity contribution in [2.75, 3.05) is 19.6 Å². The van der Waals surface area contributed by atoms with E-state index >= 15 is 0 Å². The van der Waals surface area contributed by atoms with Crippen molar-refractivity contribution >= 4 is 11.8 Å². The zero-order valence-corrected chi connectivity index (χ0v) is 11.7. The van der Waals surface area contributed by atoms with Crippen LogP contribution in [0.25, 0.3) is 0 Å². The van der Waals surface area contributed by atoms with Crippen LogP contribution in [0.5, 0.6) is 0 Å². The zero-order valence-electron chi connectivity index (χ0n) is 11.7. The smallest absolute Gasteiger partial charge is 0.257 e. The molecule has 0 bridgehead atoms. The third-order valence-corrected chi connectivity index (χ3v) is 4.26. The highest BCUT2D eigenvalue weighted by Gasteiger charge is 2.37. The second kappa shape index (κ2) is 5.09. The Kier molecular flexibility index (Phi) is 3.39. The Morgan fingerprint density at radius 3 is 2.76 bits per heavy atom. The second-order valence-electron chi connectivity index (χ2n) is 5.61. The lowest BCUT2D eigenvalue weighted by Crippen LogP contribution is -2.53. The molecule has 6 heteroatoms. The molecule has 1 atom stereocenters. The molecular weight excluding hydrogens is 278 g/mol. The molecular formula is C15H16F2N2O2. The van der Waals surface area contributed by atoms with Gasteiger partial charge < -0.3 is 9.80 Å². The van der Waals surface area contributed by atoms with Crippen LogP contribution >= 0.6 is 0 Å². The molecule has 21 heavy (non-hydrogen) atoms. The van der Waals surface area contributed by atoms with Crippen LogP contribution in [-0.4, -0.2) is 47.3 Å². The first kappa shape index (κ1) is 14.0. The summed E-state index contributed by atoms with van der Waals surface area (Å²) in [5, 5.41) is 0. The summed E-state index contributed by atoms with van der Waals surface area (Å²) in [4.78, 5) is 27.3. The van der Waals surface area contributed by atoms with Crippen molar-refractivity contribution in [2.45, 2.75) is 25.8 Å². The molecule has 2 heterocycles. The number of benzene rings is 1. The fraction of sp³-hybridized carbons (Fsp3) is 0.467. The number of piperazine rings is 1. The molecule has 112 valence electrons. The summed E-state index contributed by atoms with van der Waals surface area (Å²) in [6.45, 7) is 2.66. The molecule has 0 saturated carbocycles. The fourth-order valence-electron chi connectivity index (χ4n) is 3.03. The number of aryl methyl sites for hydroxylation is 1. The molecule has 1 aromatic carbocycles. The van der Waals surface area contributed by atoms with Gasteiger partial charge in [0.15, 0.2) is 0 Å². The summed E-state index contributed by atoms with van der Waals surface area (Å²) in [7, 11) is 0. The van der Waals surface area contributed by atoms with E-state index in [1.807, 2.05) is 0 Å². The topological polar surface area (TPSA) is 40.6 Å². The van der Waals surface area contributed by atoms with E-state index in [0.29, 0.717) is 32.5 Å². The van der Waals surface area contributed by atoms with Crippen LogP contribution in [0.15, 0.2) is 12.1 Å². The van der Waals surface area contributed by atoms with Gasteiger partial charge in [0.05, 0.1) is 5.56 Å². The van der Waals surface area contributed by atoms with Gasteiger partial charge in [0, 0.05) is 32.1 Å². The Morgan fingerprint density at radius 2 is 2.00 bits per heavy atom. The van der Waals surface area contributed by atoms with Crippen molar-refractivity contribution in [3.8, 4) is 0 Å². The predicted molar refractivity (Wildman–Crippen MR) is 71.7 cm³/mol. The van der Waals surface area contributed by atoms with Gasteiger partial charge in [-0.2, -0.15) is 0 Å². The predicted octanol–water partition coefficient (Wildman–Crippen LogP) is 1.72. The molecule has 1 aromatic rings. The van der Waals surface area contributed by atoms with E-state index in [-0.39, 0.29) is 23.1 Å². The summed E-state index contributed by atoms with van der Waals surface area (Å²) in [6, 6.07) is 2.01. The van der Waals surface area contributed by atoms with Crippen molar-refractivity contribution in [1.82, 2.24) is 9.80 Å². The maximum absolute atomic E-state index is 13.9. The normalized spacial score (nSPS) is 21.7. The first-order valence-corrected chi connectivity index (χ1v) is 7.02. The Morgan fingerprint density at radius 1 is 1.24 bits per heavy atom. The van der Waals surface area contributed by atoms with E-state index in [0.717, 1.165) is 12.1 Å². The number of carbonyl (C=O) groups is 2. The van der Waals surface area contributed by atoms with Crippen molar-refractivity contribution < 1.29 is 18.4 Å². The summed E-state index contributed by atoms with van der Waals surface area (Å²) < 4.78 is 27.4. The van der Waals surface area contributed by atoms with E-state index in [1.165, 1.54) is 11.8 Å². The second-order valence-corrected chi connectivity index (χ2v) is 5.61. The quantitative estimate of drug-likeness (QED) is 0.791. The molecule has 0 aliphatic carbocycles. The third-order valence-electron chi connectivity index (χ3n) is 4.26. The minimum atomic E-state index is -0.705. The van der Waals surface area contributed by atoms with Gasteiger partial charge in [0.25, 0.3) is 5.91 Å². The van der Waals surface area contributed by atoms with E-state index in [1.54, 1.807) is 4.90 Å². The number of carbonyl (C=O) groups excluding carboxylic acids is 2. The SMILES string of the molecule is Cc1cc(F)c(C(=O)N2CCN3C(=O)CCC3C2)cc1F. The highest BCUT2D eigenvalue weighted by molar-refractivity contribution is 5.95. The molecule has 2 fully saturated rings. The van der Waals surface area contributed by atoms with Gasteiger partial charge in [-0.25, -0.2) is 8.78 Å². The van der Waals surface area contributed by atoms with Gasteiger partial charge in [0.2, 0.25) is 5.91 Å². The number of rotatable bonds is 1. The average Bonchev–Trinajstić information content (AvgIpc) is 2.83. The maximum atomic E-state index is 13.9. The van der Waals surface area contributed by atoms with Crippen molar-refractivity contribution in [3.63, 3.8) is 0 Å². The molecule has 1 unspecified atom stereocenters. The first-order chi connectivity index (χ1) is 9.97. The van der Waals surface area contributed by atoms with E-state index in [9.17, 15) is 18.4 Å². The zero-order chi connectivity index (χ0) is 15.1. The van der Waals surface area contributed by atoms with Crippen LogP contribution in [0.4, 0.5) is 8.78 Å². The summed E-state index contributed by atoms with van der Waals surface area (Å²) >= 11 is 0. The molecule has 0 N–H and O–H groups in total. The number of halogens is 2. The van der Waals surface area contributed by atoms with Crippen LogP contribution < -0.4 is 0 Å². The molecule has 0 aromatic heterocycles. The van der Waals surface area contributed by atoms with Crippen LogP contribution in [-0.2, 0) is 4.79 Å². The van der Waals surface area contributed by atoms with Gasteiger partial charge in [-0.3, -0.25) is 9.59 Å². The first-order valence-electron chi connectivity index (χ1n) is 7.02. The standard InChI is InChI=1S/C15H16F2N2O2/c1-9-6-13(17)11(7-12(9)16)15(21)18-4-5-19-10(8-18)2-3-14(19)20/h6-7,10H,2-5,8H2,1H3. The maximum Gasteiger partial charge on any atom is 0.257 e. The van der Waals surface area contributed by atoms with Crippen molar-refractivity contribution in [2.24, 2.45) is 0 Å². The number of amides is 2. The molecule has 2 amide bonds. The Labute approximate surface area is 121 Å². The summed E-state index contributed by atoms with van der Waals surface area (Å²) in [6.07, 6.45) is 1.22. The van der Waals surface area contributed by atoms with Crippen molar-refractivity contribution in [1.29, 1.82) is 0 Å². The van der Waals surface area contributed by atoms with Crippen LogP contribution in [0, 0.1) is 18.6 Å². The van der Waals surface area contributed by atoms with Crippen LogP contribution in [0.2, 0.25) is 0 Å². The minimum absolute atomic E-state index is 0.00792. The Balaban J connectivity index is 1.80. The molecule has 0 spiro atoms. The molecule has 2 aliphatic rings. The summed E-state index contributed by atoms with van der Waals surface area (Å²) in [5.74, 6) is -1.69. The highest BCUT2D eigenvalue weighted by Crippen LogP contribution is 2.24. The largest absolute Gasteiger partial charge is 0.336 e. The van der Waals surface area contributed by atoms with E-state index < -0.39 is 17.5 Å². The average molecular weight is 294 g/mol. The molecule has 2 aliphatic heterocycles. The van der Waals surface area contributed by atoms with E-state index in [2.05, 4.69) is 0 Å². The number of hydrogen-bond acceptors (Lipinski definition) is 2. The van der Waals surface area contributed by atoms with E-state index in [4.69, 9.17) is 0 Å².